The third-order valence-electron chi connectivity index (χ3n) is 4.84. The summed E-state index contributed by atoms with van der Waals surface area (Å²) < 4.78 is 64.2. The lowest BCUT2D eigenvalue weighted by molar-refractivity contribution is -0.145. The number of hydrogen-bond donors (Lipinski definition) is 1. The molecule has 0 amide bonds. The lowest BCUT2D eigenvalue weighted by Crippen LogP contribution is -2.26. The van der Waals surface area contributed by atoms with Gasteiger partial charge in [0.2, 0.25) is 16.1 Å². The molecule has 0 aliphatic carbocycles. The Bertz CT molecular complexity index is 1300. The molecule has 0 fully saturated rings. The van der Waals surface area contributed by atoms with Crippen LogP contribution in [0.15, 0.2) is 65.6 Å². The molecule has 3 aromatic carbocycles. The smallest absolute Gasteiger partial charge is 0.349 e. The predicted octanol–water partition coefficient (Wildman–Crippen LogP) is 4.65. The van der Waals surface area contributed by atoms with Crippen LogP contribution in [-0.2, 0) is 21.4 Å². The van der Waals surface area contributed by atoms with Gasteiger partial charge in [0.25, 0.3) is 0 Å². The minimum Gasteiger partial charge on any atom is -0.497 e. The van der Waals surface area contributed by atoms with Crippen LogP contribution >= 0.6 is 11.6 Å². The summed E-state index contributed by atoms with van der Waals surface area (Å²) in [6, 6.07) is 12.7. The molecule has 7 nitrogen and oxygen atoms in total. The van der Waals surface area contributed by atoms with Crippen molar-refractivity contribution in [3.8, 4) is 11.5 Å². The first kappa shape index (κ1) is 25.4. The first-order valence-electron chi connectivity index (χ1n) is 9.75. The van der Waals surface area contributed by atoms with E-state index in [2.05, 4.69) is 0 Å². The molecular weight excluding hydrogens is 492 g/mol. The topological polar surface area (TPSA) is 93.1 Å². The Morgan fingerprint density at radius 1 is 1.06 bits per heavy atom. The van der Waals surface area contributed by atoms with Crippen LogP contribution in [0.4, 0.5) is 8.78 Å². The lowest BCUT2D eigenvalue weighted by atomic mass is 10.1. The van der Waals surface area contributed by atoms with Crippen molar-refractivity contribution in [3.63, 3.8) is 0 Å². The maximum Gasteiger partial charge on any atom is 0.349 e. The predicted molar refractivity (Wildman–Crippen MR) is 120 cm³/mol. The van der Waals surface area contributed by atoms with Crippen molar-refractivity contribution in [3.05, 3.63) is 88.4 Å². The van der Waals surface area contributed by atoms with Crippen LogP contribution in [0, 0.1) is 11.6 Å². The summed E-state index contributed by atoms with van der Waals surface area (Å²) in [5.74, 6) is -2.41. The first-order chi connectivity index (χ1) is 16.0. The summed E-state index contributed by atoms with van der Waals surface area (Å²) in [6.07, 6.45) is -1.50. The van der Waals surface area contributed by atoms with E-state index < -0.39 is 33.7 Å². The van der Waals surface area contributed by atoms with Gasteiger partial charge in [-0.1, -0.05) is 23.7 Å². The van der Waals surface area contributed by atoms with Gasteiger partial charge in [-0.25, -0.2) is 22.0 Å². The zero-order valence-electron chi connectivity index (χ0n) is 18.0. The van der Waals surface area contributed by atoms with Crippen LogP contribution in [0.1, 0.15) is 17.2 Å². The van der Waals surface area contributed by atoms with E-state index in [4.69, 9.17) is 21.1 Å². The number of hydrogen-bond acceptors (Lipinski definition) is 5. The number of rotatable bonds is 9. The van der Waals surface area contributed by atoms with Gasteiger partial charge in [0.05, 0.1) is 17.0 Å². The Morgan fingerprint density at radius 3 is 2.32 bits per heavy atom. The molecule has 0 spiro atoms. The van der Waals surface area contributed by atoms with E-state index in [-0.39, 0.29) is 33.5 Å². The number of benzene rings is 3. The summed E-state index contributed by atoms with van der Waals surface area (Å²) in [6.45, 7) is -0.0267. The highest BCUT2D eigenvalue weighted by Gasteiger charge is 2.24. The fourth-order valence-electron chi connectivity index (χ4n) is 3.08. The Labute approximate surface area is 200 Å². The van der Waals surface area contributed by atoms with E-state index in [0.29, 0.717) is 5.56 Å². The van der Waals surface area contributed by atoms with Crippen molar-refractivity contribution in [2.75, 3.05) is 14.2 Å². The number of aliphatic carboxylic acids is 1. The summed E-state index contributed by atoms with van der Waals surface area (Å²) in [4.78, 5) is 11.6. The Kier molecular flexibility index (Phi) is 7.75. The minimum atomic E-state index is -3.94. The molecule has 3 rings (SSSR count). The van der Waals surface area contributed by atoms with Gasteiger partial charge in [-0.3, -0.25) is 0 Å². The van der Waals surface area contributed by atoms with Crippen molar-refractivity contribution in [1.82, 2.24) is 4.31 Å². The third-order valence-corrected chi connectivity index (χ3v) is 6.93. The van der Waals surface area contributed by atoms with E-state index in [1.807, 2.05) is 0 Å². The summed E-state index contributed by atoms with van der Waals surface area (Å²) in [7, 11) is -1.25. The zero-order chi connectivity index (χ0) is 25.0. The minimum absolute atomic E-state index is 0.0267. The van der Waals surface area contributed by atoms with Gasteiger partial charge >= 0.3 is 5.97 Å². The second-order valence-corrected chi connectivity index (χ2v) is 9.69. The van der Waals surface area contributed by atoms with E-state index in [0.717, 1.165) is 34.6 Å². The fourth-order valence-corrected chi connectivity index (χ4v) is 4.51. The van der Waals surface area contributed by atoms with Crippen molar-refractivity contribution < 1.29 is 36.6 Å². The average molecular weight is 512 g/mol. The number of carboxylic acid groups (broad SMARTS) is 1. The van der Waals surface area contributed by atoms with Crippen molar-refractivity contribution in [1.29, 1.82) is 0 Å². The van der Waals surface area contributed by atoms with Crippen LogP contribution in [0.2, 0.25) is 5.02 Å². The fraction of sp³-hybridized carbons (Fsp3) is 0.174. The molecule has 1 unspecified atom stereocenters. The molecule has 0 aliphatic heterocycles. The van der Waals surface area contributed by atoms with Crippen molar-refractivity contribution in [2.24, 2.45) is 0 Å². The molecule has 0 heterocycles. The molecule has 0 saturated carbocycles. The summed E-state index contributed by atoms with van der Waals surface area (Å²) >= 11 is 5.69. The highest BCUT2D eigenvalue weighted by molar-refractivity contribution is 7.89. The van der Waals surface area contributed by atoms with Gasteiger partial charge < -0.3 is 14.6 Å². The quantitative estimate of drug-likeness (QED) is 0.449. The summed E-state index contributed by atoms with van der Waals surface area (Å²) in [5, 5.41) is 9.25. The second kappa shape index (κ2) is 10.4. The molecule has 34 heavy (non-hydrogen) atoms. The Balaban J connectivity index is 1.75. The van der Waals surface area contributed by atoms with Gasteiger partial charge in [0, 0.05) is 25.2 Å². The Morgan fingerprint density at radius 2 is 1.74 bits per heavy atom. The average Bonchev–Trinajstić information content (AvgIpc) is 2.79. The van der Waals surface area contributed by atoms with Crippen LogP contribution < -0.4 is 9.47 Å². The standard InChI is InChI=1S/C23H20ClF2NO6S/c1-27(34(30,31)19-7-8-21(26)20(24)12-19)13-14-3-5-17(6-4-14)33-22(23(28)29)15-9-16(25)11-18(10-15)32-2/h3-12,22H,13H2,1-2H3,(H,28,29). The maximum absolute atomic E-state index is 13.8. The molecular formula is C23H20ClF2NO6S. The van der Waals surface area contributed by atoms with E-state index in [9.17, 15) is 27.1 Å². The molecule has 11 heteroatoms. The lowest BCUT2D eigenvalue weighted by Gasteiger charge is -2.19. The van der Waals surface area contributed by atoms with E-state index in [1.165, 1.54) is 32.4 Å². The number of methoxy groups -OCH3 is 1. The maximum atomic E-state index is 13.8. The number of carbonyl (C=O) groups is 1. The number of halogens is 3. The normalized spacial score (nSPS) is 12.4. The van der Waals surface area contributed by atoms with E-state index >= 15 is 0 Å². The number of carboxylic acids is 1. The zero-order valence-corrected chi connectivity index (χ0v) is 19.6. The van der Waals surface area contributed by atoms with Gasteiger partial charge in [-0.05, 0) is 48.0 Å². The molecule has 3 aromatic rings. The molecule has 0 bridgehead atoms. The number of ether oxygens (including phenoxy) is 2. The van der Waals surface area contributed by atoms with Crippen molar-refractivity contribution >= 4 is 27.6 Å². The SMILES string of the molecule is COc1cc(F)cc(C(Oc2ccc(CN(C)S(=O)(=O)c3ccc(F)c(Cl)c3)cc2)C(=O)O)c1. The first-order valence-corrected chi connectivity index (χ1v) is 11.6. The number of nitrogens with zero attached hydrogens (tertiary/aromatic N) is 1. The van der Waals surface area contributed by atoms with Gasteiger partial charge in [-0.2, -0.15) is 4.31 Å². The molecule has 0 aliphatic rings. The summed E-state index contributed by atoms with van der Waals surface area (Å²) in [5.41, 5.74) is 0.628. The molecule has 180 valence electrons. The van der Waals surface area contributed by atoms with Gasteiger partial charge in [0.15, 0.2) is 0 Å². The Hall–Kier alpha value is -3.21. The second-order valence-electron chi connectivity index (χ2n) is 7.24. The largest absolute Gasteiger partial charge is 0.497 e. The van der Waals surface area contributed by atoms with Gasteiger partial charge in [0.1, 0.15) is 23.1 Å². The highest BCUT2D eigenvalue weighted by Crippen LogP contribution is 2.28. The molecule has 0 radical (unpaired) electrons. The molecule has 1 atom stereocenters. The monoisotopic (exact) mass is 511 g/mol. The molecule has 1 N–H and O–H groups in total. The molecule has 0 saturated heterocycles. The van der Waals surface area contributed by atoms with Gasteiger partial charge in [-0.15, -0.1) is 0 Å². The van der Waals surface area contributed by atoms with Crippen LogP contribution in [0.5, 0.6) is 11.5 Å². The highest BCUT2D eigenvalue weighted by atomic mass is 35.5. The van der Waals surface area contributed by atoms with E-state index in [1.54, 1.807) is 12.1 Å². The third kappa shape index (κ3) is 5.82. The number of sulfonamides is 1. The van der Waals surface area contributed by atoms with Crippen LogP contribution in [-0.4, -0.2) is 38.0 Å². The van der Waals surface area contributed by atoms with Crippen molar-refractivity contribution in [2.45, 2.75) is 17.5 Å². The molecule has 0 aromatic heterocycles. The van der Waals surface area contributed by atoms with Crippen LogP contribution in [0.3, 0.4) is 0 Å². The van der Waals surface area contributed by atoms with Crippen LogP contribution in [0.25, 0.3) is 0 Å².